The van der Waals surface area contributed by atoms with Gasteiger partial charge in [-0.25, -0.2) is 0 Å². The molecule has 0 heterocycles. The lowest BCUT2D eigenvalue weighted by atomic mass is 10.1. The quantitative estimate of drug-likeness (QED) is 0.355. The SMILES string of the molecule is C/C=C/C(=O)CCCC#CCC. The minimum atomic E-state index is 0.204. The van der Waals surface area contributed by atoms with Crippen LogP contribution in [0.2, 0.25) is 0 Å². The minimum absolute atomic E-state index is 0.204. The third-order valence-corrected chi connectivity index (χ3v) is 1.38. The fraction of sp³-hybridized carbons (Fsp3) is 0.545. The standard InChI is InChI=1S/C11H16O/c1-3-5-6-7-8-10-11(12)9-4-2/h4,9H,3,7-8,10H2,1-2H3/b9-4+. The monoisotopic (exact) mass is 164 g/mol. The van der Waals surface area contributed by atoms with E-state index in [4.69, 9.17) is 0 Å². The second-order valence-electron chi connectivity index (χ2n) is 2.53. The zero-order valence-corrected chi connectivity index (χ0v) is 7.89. The maximum atomic E-state index is 10.9. The van der Waals surface area contributed by atoms with E-state index in [1.165, 1.54) is 0 Å². The average molecular weight is 164 g/mol. The molecule has 0 aromatic heterocycles. The van der Waals surface area contributed by atoms with Gasteiger partial charge in [0, 0.05) is 19.3 Å². The molecule has 0 amide bonds. The summed E-state index contributed by atoms with van der Waals surface area (Å²) in [5.41, 5.74) is 0. The molecule has 0 aromatic rings. The van der Waals surface area contributed by atoms with Crippen molar-refractivity contribution in [3.63, 3.8) is 0 Å². The van der Waals surface area contributed by atoms with Crippen molar-refractivity contribution in [2.75, 3.05) is 0 Å². The van der Waals surface area contributed by atoms with Crippen LogP contribution in [-0.2, 0) is 4.79 Å². The number of unbranched alkanes of at least 4 members (excludes halogenated alkanes) is 1. The Kier molecular flexibility index (Phi) is 7.38. The van der Waals surface area contributed by atoms with Crippen molar-refractivity contribution >= 4 is 5.78 Å². The van der Waals surface area contributed by atoms with Crippen LogP contribution in [0.15, 0.2) is 12.2 Å². The molecule has 0 N–H and O–H groups in total. The molecular formula is C11H16O. The van der Waals surface area contributed by atoms with E-state index in [0.717, 1.165) is 19.3 Å². The maximum absolute atomic E-state index is 10.9. The van der Waals surface area contributed by atoms with Gasteiger partial charge >= 0.3 is 0 Å². The van der Waals surface area contributed by atoms with Crippen molar-refractivity contribution in [3.8, 4) is 11.8 Å². The topological polar surface area (TPSA) is 17.1 Å². The fourth-order valence-electron chi connectivity index (χ4n) is 0.834. The Hall–Kier alpha value is -1.03. The summed E-state index contributed by atoms with van der Waals surface area (Å²) < 4.78 is 0. The van der Waals surface area contributed by atoms with Gasteiger partial charge in [-0.15, -0.1) is 11.8 Å². The summed E-state index contributed by atoms with van der Waals surface area (Å²) >= 11 is 0. The van der Waals surface area contributed by atoms with Gasteiger partial charge in [0.15, 0.2) is 5.78 Å². The predicted octanol–water partition coefficient (Wildman–Crippen LogP) is 2.72. The zero-order valence-electron chi connectivity index (χ0n) is 7.89. The van der Waals surface area contributed by atoms with Crippen LogP contribution < -0.4 is 0 Å². The molecule has 0 fully saturated rings. The number of rotatable bonds is 4. The Morgan fingerprint density at radius 1 is 1.42 bits per heavy atom. The zero-order chi connectivity index (χ0) is 9.23. The van der Waals surface area contributed by atoms with Gasteiger partial charge in [0.25, 0.3) is 0 Å². The van der Waals surface area contributed by atoms with Crippen molar-refractivity contribution in [2.24, 2.45) is 0 Å². The van der Waals surface area contributed by atoms with E-state index in [9.17, 15) is 4.79 Å². The van der Waals surface area contributed by atoms with Crippen molar-refractivity contribution in [3.05, 3.63) is 12.2 Å². The van der Waals surface area contributed by atoms with Crippen LogP contribution in [0.3, 0.4) is 0 Å². The van der Waals surface area contributed by atoms with E-state index in [1.54, 1.807) is 12.2 Å². The lowest BCUT2D eigenvalue weighted by molar-refractivity contribution is -0.114. The number of allylic oxidation sites excluding steroid dienone is 2. The second kappa shape index (κ2) is 8.07. The molecule has 0 aliphatic heterocycles. The third-order valence-electron chi connectivity index (χ3n) is 1.38. The lowest BCUT2D eigenvalue weighted by Gasteiger charge is -1.89. The Morgan fingerprint density at radius 2 is 2.17 bits per heavy atom. The summed E-state index contributed by atoms with van der Waals surface area (Å²) in [6.07, 6.45) is 6.66. The highest BCUT2D eigenvalue weighted by Gasteiger charge is 1.93. The van der Waals surface area contributed by atoms with Gasteiger partial charge in [-0.3, -0.25) is 4.79 Å². The van der Waals surface area contributed by atoms with Gasteiger partial charge in [-0.1, -0.05) is 13.0 Å². The second-order valence-corrected chi connectivity index (χ2v) is 2.53. The Labute approximate surface area is 74.9 Å². The van der Waals surface area contributed by atoms with E-state index in [2.05, 4.69) is 11.8 Å². The highest BCUT2D eigenvalue weighted by molar-refractivity contribution is 5.89. The summed E-state index contributed by atoms with van der Waals surface area (Å²) in [5, 5.41) is 0. The van der Waals surface area contributed by atoms with Crippen molar-refractivity contribution in [1.82, 2.24) is 0 Å². The molecule has 0 atom stereocenters. The molecule has 0 aliphatic rings. The first-order chi connectivity index (χ1) is 5.81. The molecular weight excluding hydrogens is 148 g/mol. The lowest BCUT2D eigenvalue weighted by Crippen LogP contribution is -1.90. The Balaban J connectivity index is 3.37. The van der Waals surface area contributed by atoms with Crippen LogP contribution in [-0.4, -0.2) is 5.78 Å². The summed E-state index contributed by atoms with van der Waals surface area (Å²) in [4.78, 5) is 10.9. The van der Waals surface area contributed by atoms with Gasteiger partial charge < -0.3 is 0 Å². The number of hydrogen-bond donors (Lipinski definition) is 0. The van der Waals surface area contributed by atoms with E-state index >= 15 is 0 Å². The first-order valence-electron chi connectivity index (χ1n) is 4.42. The molecule has 0 saturated heterocycles. The summed E-state index contributed by atoms with van der Waals surface area (Å²) in [6.45, 7) is 3.88. The smallest absolute Gasteiger partial charge is 0.155 e. The maximum Gasteiger partial charge on any atom is 0.155 e. The van der Waals surface area contributed by atoms with Crippen LogP contribution in [0.4, 0.5) is 0 Å². The van der Waals surface area contributed by atoms with Crippen LogP contribution >= 0.6 is 0 Å². The summed E-state index contributed by atoms with van der Waals surface area (Å²) in [6, 6.07) is 0. The number of carbonyl (C=O) groups excluding carboxylic acids is 1. The molecule has 0 spiro atoms. The molecule has 0 unspecified atom stereocenters. The van der Waals surface area contributed by atoms with E-state index in [0.29, 0.717) is 6.42 Å². The van der Waals surface area contributed by atoms with Gasteiger partial charge in [-0.05, 0) is 19.4 Å². The molecule has 0 radical (unpaired) electrons. The predicted molar refractivity (Wildman–Crippen MR) is 51.7 cm³/mol. The molecule has 12 heavy (non-hydrogen) atoms. The molecule has 0 rings (SSSR count). The normalized spacial score (nSPS) is 9.50. The Morgan fingerprint density at radius 3 is 2.75 bits per heavy atom. The first-order valence-corrected chi connectivity index (χ1v) is 4.42. The van der Waals surface area contributed by atoms with Gasteiger partial charge in [0.2, 0.25) is 0 Å². The number of ketones is 1. The Bertz CT molecular complexity index is 203. The van der Waals surface area contributed by atoms with Crippen molar-refractivity contribution in [2.45, 2.75) is 39.5 Å². The van der Waals surface area contributed by atoms with Gasteiger partial charge in [0.1, 0.15) is 0 Å². The fourth-order valence-corrected chi connectivity index (χ4v) is 0.834. The molecule has 1 nitrogen and oxygen atoms in total. The molecule has 0 saturated carbocycles. The highest BCUT2D eigenvalue weighted by Crippen LogP contribution is 1.96. The number of carbonyl (C=O) groups is 1. The van der Waals surface area contributed by atoms with Gasteiger partial charge in [0.05, 0.1) is 0 Å². The largest absolute Gasteiger partial charge is 0.295 e. The average Bonchev–Trinajstić information content (AvgIpc) is 2.05. The van der Waals surface area contributed by atoms with Crippen LogP contribution in [0.25, 0.3) is 0 Å². The highest BCUT2D eigenvalue weighted by atomic mass is 16.1. The van der Waals surface area contributed by atoms with Crippen LogP contribution in [0.1, 0.15) is 39.5 Å². The third kappa shape index (κ3) is 7.08. The molecule has 1 heteroatoms. The number of hydrogen-bond acceptors (Lipinski definition) is 1. The van der Waals surface area contributed by atoms with E-state index < -0.39 is 0 Å². The van der Waals surface area contributed by atoms with Gasteiger partial charge in [-0.2, -0.15) is 0 Å². The van der Waals surface area contributed by atoms with E-state index in [-0.39, 0.29) is 5.78 Å². The van der Waals surface area contributed by atoms with Crippen LogP contribution in [0.5, 0.6) is 0 Å². The molecule has 0 aromatic carbocycles. The van der Waals surface area contributed by atoms with Crippen LogP contribution in [0, 0.1) is 11.8 Å². The summed E-state index contributed by atoms with van der Waals surface area (Å²) in [5.74, 6) is 6.19. The molecule has 0 aliphatic carbocycles. The first kappa shape index (κ1) is 11.0. The van der Waals surface area contributed by atoms with Crippen molar-refractivity contribution in [1.29, 1.82) is 0 Å². The minimum Gasteiger partial charge on any atom is -0.295 e. The summed E-state index contributed by atoms with van der Waals surface area (Å²) in [7, 11) is 0. The van der Waals surface area contributed by atoms with E-state index in [1.807, 2.05) is 13.8 Å². The van der Waals surface area contributed by atoms with Crippen molar-refractivity contribution < 1.29 is 4.79 Å². The molecule has 0 bridgehead atoms. The molecule has 66 valence electrons.